The molecule has 0 radical (unpaired) electrons. The molecule has 0 saturated heterocycles. The summed E-state index contributed by atoms with van der Waals surface area (Å²) < 4.78 is 5.19. The first-order valence-electron chi connectivity index (χ1n) is 19.0. The van der Waals surface area contributed by atoms with Crippen LogP contribution in [0.2, 0.25) is 0 Å². The maximum Gasteiger partial charge on any atom is 0.332 e. The molecule has 0 spiro atoms. The zero-order valence-electron chi connectivity index (χ0n) is 34.0. The van der Waals surface area contributed by atoms with Crippen LogP contribution in [0.15, 0.2) is 121 Å². The van der Waals surface area contributed by atoms with Crippen molar-refractivity contribution in [2.75, 3.05) is 30.1 Å². The lowest BCUT2D eigenvalue weighted by Gasteiger charge is -2.39. The van der Waals surface area contributed by atoms with Gasteiger partial charge in [-0.25, -0.2) is 4.79 Å². The number of esters is 1. The molecule has 310 valence electrons. The van der Waals surface area contributed by atoms with Crippen LogP contribution in [0.1, 0.15) is 49.9 Å². The highest BCUT2D eigenvalue weighted by atomic mass is 32.2. The number of hydrogen-bond donors (Lipinski definition) is 4. The Balaban J connectivity index is 1.58. The largest absolute Gasteiger partial charge is 0.467 e. The summed E-state index contributed by atoms with van der Waals surface area (Å²) in [5.74, 6) is 1.17. The van der Waals surface area contributed by atoms with Gasteiger partial charge in [0.05, 0.1) is 7.11 Å². The van der Waals surface area contributed by atoms with Crippen molar-refractivity contribution in [3.05, 3.63) is 144 Å². The summed E-state index contributed by atoms with van der Waals surface area (Å²) in [5.41, 5.74) is 5.24. The molecule has 0 unspecified atom stereocenters. The van der Waals surface area contributed by atoms with Crippen molar-refractivity contribution in [1.29, 1.82) is 0 Å². The summed E-state index contributed by atoms with van der Waals surface area (Å²) >= 11 is 6.00. The van der Waals surface area contributed by atoms with E-state index < -0.39 is 45.8 Å². The number of hydrogen-bond acceptors (Lipinski definition) is 10. The lowest BCUT2D eigenvalue weighted by Crippen LogP contribution is -2.70. The fraction of sp³-hybridized carbons (Fsp3) is 0.378. The molecule has 0 aromatic heterocycles. The van der Waals surface area contributed by atoms with Crippen LogP contribution in [0.3, 0.4) is 0 Å². The average molecular weight is 861 g/mol. The van der Waals surface area contributed by atoms with Gasteiger partial charge in [-0.3, -0.25) is 14.4 Å². The summed E-state index contributed by atoms with van der Waals surface area (Å²) in [4.78, 5) is 56.6. The van der Waals surface area contributed by atoms with Gasteiger partial charge < -0.3 is 26.4 Å². The topological polar surface area (TPSA) is 140 Å². The summed E-state index contributed by atoms with van der Waals surface area (Å²) in [6.07, 6.45) is 0. The lowest BCUT2D eigenvalue weighted by molar-refractivity contribution is -0.150. The molecule has 4 aromatic carbocycles. The number of carbonyl (C=O) groups is 4. The van der Waals surface area contributed by atoms with E-state index in [0.717, 1.165) is 22.3 Å². The summed E-state index contributed by atoms with van der Waals surface area (Å²) in [6.45, 7) is 6.62. The van der Waals surface area contributed by atoms with E-state index in [9.17, 15) is 19.2 Å². The quantitative estimate of drug-likeness (QED) is 0.0565. The van der Waals surface area contributed by atoms with Gasteiger partial charge in [-0.05, 0) is 49.9 Å². The van der Waals surface area contributed by atoms with Gasteiger partial charge in [-0.2, -0.15) is 47.0 Å². The van der Waals surface area contributed by atoms with Crippen LogP contribution in [-0.4, -0.2) is 76.0 Å². The second-order valence-electron chi connectivity index (χ2n) is 15.2. The van der Waals surface area contributed by atoms with E-state index >= 15 is 0 Å². The molecule has 0 fully saturated rings. The van der Waals surface area contributed by atoms with E-state index in [-0.39, 0.29) is 17.3 Å². The highest BCUT2D eigenvalue weighted by molar-refractivity contribution is 7.99. The molecule has 0 saturated carbocycles. The fourth-order valence-corrected chi connectivity index (χ4v) is 10.2. The van der Waals surface area contributed by atoms with Crippen LogP contribution >= 0.6 is 47.0 Å². The number of nitrogens with one attached hydrogen (secondary N) is 3. The zero-order valence-corrected chi connectivity index (χ0v) is 37.2. The Hall–Kier alpha value is -3.88. The predicted octanol–water partition coefficient (Wildman–Crippen LogP) is 7.24. The fourth-order valence-electron chi connectivity index (χ4n) is 5.72. The molecular weight excluding hydrogens is 805 g/mol. The van der Waals surface area contributed by atoms with Gasteiger partial charge in [-0.15, -0.1) is 0 Å². The molecule has 4 rings (SSSR count). The van der Waals surface area contributed by atoms with Crippen molar-refractivity contribution < 1.29 is 23.9 Å². The molecular formula is C45H56N4O5S4. The molecule has 0 bridgehead atoms. The molecule has 0 aliphatic rings. The molecule has 5 N–H and O–H groups in total. The van der Waals surface area contributed by atoms with Gasteiger partial charge in [0.2, 0.25) is 17.7 Å². The summed E-state index contributed by atoms with van der Waals surface area (Å²) in [7, 11) is 1.29. The molecule has 4 atom stereocenters. The van der Waals surface area contributed by atoms with Gasteiger partial charge >= 0.3 is 5.97 Å². The number of amides is 3. The minimum atomic E-state index is -1.52. The molecule has 0 heterocycles. The van der Waals surface area contributed by atoms with Gasteiger partial charge in [0.1, 0.15) is 22.2 Å². The number of thioether (sulfide) groups is 4. The van der Waals surface area contributed by atoms with Crippen LogP contribution in [-0.2, 0) is 46.9 Å². The first kappa shape index (κ1) is 46.8. The maximum absolute atomic E-state index is 14.7. The monoisotopic (exact) mass is 860 g/mol. The van der Waals surface area contributed by atoms with Crippen molar-refractivity contribution in [3.63, 3.8) is 0 Å². The van der Waals surface area contributed by atoms with E-state index in [1.807, 2.05) is 121 Å². The molecule has 0 aliphatic heterocycles. The van der Waals surface area contributed by atoms with Crippen molar-refractivity contribution >= 4 is 70.7 Å². The SMILES string of the molecule is COC(=O)[C@](C)(CSCc1ccccc1)NC(=O)[C@@](C)(CSCc1ccccc1)NC(=O)[C@](C)(CSCc1ccccc1)NC(=O)[C@](C)(N)CSCc1ccccc1. The lowest BCUT2D eigenvalue weighted by atomic mass is 9.95. The summed E-state index contributed by atoms with van der Waals surface area (Å²) in [5, 5.41) is 9.02. The second-order valence-corrected chi connectivity index (χ2v) is 19.1. The van der Waals surface area contributed by atoms with Crippen LogP contribution < -0.4 is 21.7 Å². The number of methoxy groups -OCH3 is 1. The number of nitrogens with two attached hydrogens (primary N) is 1. The highest BCUT2D eigenvalue weighted by Gasteiger charge is 2.47. The first-order valence-corrected chi connectivity index (χ1v) is 23.6. The van der Waals surface area contributed by atoms with Gasteiger partial charge in [0.15, 0.2) is 0 Å². The molecule has 4 aromatic rings. The van der Waals surface area contributed by atoms with Crippen molar-refractivity contribution in [1.82, 2.24) is 16.0 Å². The van der Waals surface area contributed by atoms with Crippen LogP contribution in [0, 0.1) is 0 Å². The van der Waals surface area contributed by atoms with Crippen LogP contribution in [0.25, 0.3) is 0 Å². The molecule has 0 aliphatic carbocycles. The minimum absolute atomic E-state index is 0.166. The Bertz CT molecular complexity index is 1910. The van der Waals surface area contributed by atoms with Gasteiger partial charge in [0, 0.05) is 46.0 Å². The van der Waals surface area contributed by atoms with Crippen LogP contribution in [0.4, 0.5) is 0 Å². The zero-order chi connectivity index (χ0) is 42.1. The Morgan fingerprint density at radius 1 is 0.466 bits per heavy atom. The second kappa shape index (κ2) is 22.5. The molecule has 13 heteroatoms. The standard InChI is InChI=1S/C45H56N4O5S4/c1-42(46,30-55-26-34-18-10-6-11-19-34)38(50)47-43(2,31-56-27-35-20-12-7-13-21-35)39(51)48-44(3,32-57-28-36-22-14-8-15-23-36)40(52)49-45(4,41(53)54-5)33-58-29-37-24-16-9-17-25-37/h6-25H,26-33,46H2,1-5H3,(H,47,50)(H,48,51)(H,49,52)/t42-,43+,44-,45+/m1/s1. The Kier molecular flexibility index (Phi) is 18.1. The van der Waals surface area contributed by atoms with Crippen molar-refractivity contribution in [2.24, 2.45) is 5.73 Å². The van der Waals surface area contributed by atoms with Crippen molar-refractivity contribution in [3.8, 4) is 0 Å². The third kappa shape index (κ3) is 14.4. The smallest absolute Gasteiger partial charge is 0.332 e. The molecule has 58 heavy (non-hydrogen) atoms. The van der Waals surface area contributed by atoms with Gasteiger partial charge in [0.25, 0.3) is 0 Å². The third-order valence-corrected chi connectivity index (χ3v) is 14.6. The predicted molar refractivity (Wildman–Crippen MR) is 245 cm³/mol. The highest BCUT2D eigenvalue weighted by Crippen LogP contribution is 2.26. The molecule has 3 amide bonds. The molecule has 9 nitrogen and oxygen atoms in total. The normalized spacial score (nSPS) is 15.3. The van der Waals surface area contributed by atoms with Gasteiger partial charge in [-0.1, -0.05) is 121 Å². The van der Waals surface area contributed by atoms with Crippen molar-refractivity contribution in [2.45, 2.75) is 72.9 Å². The number of ether oxygens (including phenoxy) is 1. The van der Waals surface area contributed by atoms with E-state index in [4.69, 9.17) is 10.5 Å². The Morgan fingerprint density at radius 3 is 1.07 bits per heavy atom. The van der Waals surface area contributed by atoms with E-state index in [2.05, 4.69) is 16.0 Å². The van der Waals surface area contributed by atoms with E-state index in [1.165, 1.54) is 54.2 Å². The Morgan fingerprint density at radius 2 is 0.741 bits per heavy atom. The van der Waals surface area contributed by atoms with E-state index in [1.54, 1.807) is 27.7 Å². The number of carbonyl (C=O) groups excluding carboxylic acids is 4. The van der Waals surface area contributed by atoms with E-state index in [0.29, 0.717) is 28.8 Å². The first-order chi connectivity index (χ1) is 27.7. The third-order valence-electron chi connectivity index (χ3n) is 9.35. The maximum atomic E-state index is 14.7. The average Bonchev–Trinajstić information content (AvgIpc) is 3.22. The Labute approximate surface area is 361 Å². The number of rotatable bonds is 23. The van der Waals surface area contributed by atoms with Crippen LogP contribution in [0.5, 0.6) is 0 Å². The number of benzene rings is 4. The summed E-state index contributed by atoms with van der Waals surface area (Å²) in [6, 6.07) is 39.5. The minimum Gasteiger partial charge on any atom is -0.467 e.